The van der Waals surface area contributed by atoms with Gasteiger partial charge in [-0.1, -0.05) is 25.8 Å². The lowest BCUT2D eigenvalue weighted by Gasteiger charge is -2.13. The molecule has 1 aromatic carbocycles. The van der Waals surface area contributed by atoms with Crippen LogP contribution in [0.2, 0.25) is 0 Å². The van der Waals surface area contributed by atoms with Gasteiger partial charge in [-0.3, -0.25) is 9.59 Å². The second-order valence-corrected chi connectivity index (χ2v) is 6.28. The van der Waals surface area contributed by atoms with Gasteiger partial charge in [0.2, 0.25) is 0 Å². The Kier molecular flexibility index (Phi) is 9.66. The minimum absolute atomic E-state index is 0.0671. The molecule has 0 radical (unpaired) electrons. The van der Waals surface area contributed by atoms with E-state index in [0.29, 0.717) is 17.9 Å². The fourth-order valence-corrected chi connectivity index (χ4v) is 2.44. The molecule has 5 nitrogen and oxygen atoms in total. The number of benzene rings is 1. The summed E-state index contributed by atoms with van der Waals surface area (Å²) >= 11 is 0. The standard InChI is InChI=1S/C20H30O5/c1-5-6-7-9-16(3)24-19(21)10-8-11-20(22)25-18-14-15(2)12-13-17(18)23-4/h12-14,16H,5-11H2,1-4H3. The van der Waals surface area contributed by atoms with E-state index in [1.807, 2.05) is 19.9 Å². The van der Waals surface area contributed by atoms with Gasteiger partial charge in [0.15, 0.2) is 11.5 Å². The first-order chi connectivity index (χ1) is 12.0. The summed E-state index contributed by atoms with van der Waals surface area (Å²) in [5, 5.41) is 0. The van der Waals surface area contributed by atoms with E-state index >= 15 is 0 Å². The van der Waals surface area contributed by atoms with Crippen LogP contribution in [0.3, 0.4) is 0 Å². The third-order valence-electron chi connectivity index (χ3n) is 3.85. The molecule has 0 saturated heterocycles. The Balaban J connectivity index is 2.30. The van der Waals surface area contributed by atoms with Crippen molar-refractivity contribution in [2.24, 2.45) is 0 Å². The summed E-state index contributed by atoms with van der Waals surface area (Å²) in [6.07, 6.45) is 4.97. The van der Waals surface area contributed by atoms with Crippen LogP contribution in [0, 0.1) is 6.92 Å². The van der Waals surface area contributed by atoms with E-state index in [1.54, 1.807) is 12.1 Å². The van der Waals surface area contributed by atoms with Crippen molar-refractivity contribution in [3.8, 4) is 11.5 Å². The van der Waals surface area contributed by atoms with E-state index in [-0.39, 0.29) is 30.9 Å². The molecule has 1 unspecified atom stereocenters. The number of methoxy groups -OCH3 is 1. The normalized spacial score (nSPS) is 11.7. The molecule has 0 N–H and O–H groups in total. The van der Waals surface area contributed by atoms with Crippen LogP contribution in [0.5, 0.6) is 11.5 Å². The number of carbonyl (C=O) groups is 2. The predicted octanol–water partition coefficient (Wildman–Crippen LogP) is 4.59. The second kappa shape index (κ2) is 11.5. The highest BCUT2D eigenvalue weighted by Gasteiger charge is 2.13. The van der Waals surface area contributed by atoms with Crippen molar-refractivity contribution >= 4 is 11.9 Å². The molecule has 1 atom stereocenters. The van der Waals surface area contributed by atoms with Crippen molar-refractivity contribution in [3.05, 3.63) is 23.8 Å². The Bertz CT molecular complexity index is 553. The van der Waals surface area contributed by atoms with Crippen molar-refractivity contribution in [1.29, 1.82) is 0 Å². The molecule has 0 spiro atoms. The topological polar surface area (TPSA) is 61.8 Å². The number of unbranched alkanes of at least 4 members (excludes halogenated alkanes) is 2. The zero-order chi connectivity index (χ0) is 18.7. The molecule has 0 aromatic heterocycles. The van der Waals surface area contributed by atoms with Crippen molar-refractivity contribution < 1.29 is 23.8 Å². The fraction of sp³-hybridized carbons (Fsp3) is 0.600. The number of hydrogen-bond donors (Lipinski definition) is 0. The third kappa shape index (κ3) is 8.57. The largest absolute Gasteiger partial charge is 0.493 e. The van der Waals surface area contributed by atoms with Crippen LogP contribution in [0.4, 0.5) is 0 Å². The maximum atomic E-state index is 11.9. The lowest BCUT2D eigenvalue weighted by Crippen LogP contribution is -2.15. The molecule has 0 heterocycles. The molecule has 25 heavy (non-hydrogen) atoms. The number of aryl methyl sites for hydroxylation is 1. The summed E-state index contributed by atoms with van der Waals surface area (Å²) in [6.45, 7) is 5.96. The zero-order valence-corrected chi connectivity index (χ0v) is 15.8. The van der Waals surface area contributed by atoms with Gasteiger partial charge in [0.1, 0.15) is 0 Å². The maximum Gasteiger partial charge on any atom is 0.311 e. The van der Waals surface area contributed by atoms with Gasteiger partial charge in [0, 0.05) is 12.8 Å². The summed E-state index contributed by atoms with van der Waals surface area (Å²) in [5.41, 5.74) is 0.976. The molecule has 140 valence electrons. The quantitative estimate of drug-likeness (QED) is 0.332. The molecular formula is C20H30O5. The van der Waals surface area contributed by atoms with Gasteiger partial charge in [-0.2, -0.15) is 0 Å². The lowest BCUT2D eigenvalue weighted by atomic mass is 10.1. The monoisotopic (exact) mass is 350 g/mol. The van der Waals surface area contributed by atoms with E-state index in [9.17, 15) is 9.59 Å². The van der Waals surface area contributed by atoms with Gasteiger partial charge in [0.25, 0.3) is 0 Å². The predicted molar refractivity (Wildman–Crippen MR) is 96.9 cm³/mol. The van der Waals surface area contributed by atoms with Crippen molar-refractivity contribution in [3.63, 3.8) is 0 Å². The summed E-state index contributed by atoms with van der Waals surface area (Å²) in [5.74, 6) is 0.275. The van der Waals surface area contributed by atoms with Gasteiger partial charge in [0.05, 0.1) is 13.2 Å². The van der Waals surface area contributed by atoms with Crippen LogP contribution in [0.25, 0.3) is 0 Å². The zero-order valence-electron chi connectivity index (χ0n) is 15.8. The molecule has 0 aliphatic rings. The third-order valence-corrected chi connectivity index (χ3v) is 3.85. The number of ether oxygens (including phenoxy) is 3. The fourth-order valence-electron chi connectivity index (χ4n) is 2.44. The van der Waals surface area contributed by atoms with E-state index < -0.39 is 0 Å². The van der Waals surface area contributed by atoms with Crippen LogP contribution in [0.15, 0.2) is 18.2 Å². The van der Waals surface area contributed by atoms with Crippen LogP contribution in [0.1, 0.15) is 64.4 Å². The van der Waals surface area contributed by atoms with E-state index in [4.69, 9.17) is 14.2 Å². The van der Waals surface area contributed by atoms with Gasteiger partial charge >= 0.3 is 11.9 Å². The molecule has 1 aromatic rings. The Morgan fingerprint density at radius 1 is 1.04 bits per heavy atom. The molecule has 1 rings (SSSR count). The smallest absolute Gasteiger partial charge is 0.311 e. The van der Waals surface area contributed by atoms with E-state index in [1.165, 1.54) is 7.11 Å². The molecule has 0 amide bonds. The van der Waals surface area contributed by atoms with Crippen molar-refractivity contribution in [2.45, 2.75) is 71.8 Å². The molecule has 0 aliphatic carbocycles. The highest BCUT2D eigenvalue weighted by molar-refractivity contribution is 5.75. The van der Waals surface area contributed by atoms with Crippen LogP contribution >= 0.6 is 0 Å². The maximum absolute atomic E-state index is 11.9. The Morgan fingerprint density at radius 2 is 1.76 bits per heavy atom. The van der Waals surface area contributed by atoms with E-state index in [0.717, 1.165) is 31.2 Å². The number of rotatable bonds is 11. The number of carbonyl (C=O) groups excluding carboxylic acids is 2. The van der Waals surface area contributed by atoms with Gasteiger partial charge in [-0.15, -0.1) is 0 Å². The van der Waals surface area contributed by atoms with Crippen molar-refractivity contribution in [1.82, 2.24) is 0 Å². The summed E-state index contributed by atoms with van der Waals surface area (Å²) < 4.78 is 15.8. The highest BCUT2D eigenvalue weighted by Crippen LogP contribution is 2.28. The van der Waals surface area contributed by atoms with Gasteiger partial charge in [-0.25, -0.2) is 0 Å². The Morgan fingerprint density at radius 3 is 2.44 bits per heavy atom. The first-order valence-electron chi connectivity index (χ1n) is 9.01. The molecule has 0 fully saturated rings. The molecule has 0 bridgehead atoms. The Labute approximate surface area is 150 Å². The summed E-state index contributed by atoms with van der Waals surface area (Å²) in [7, 11) is 1.53. The minimum Gasteiger partial charge on any atom is -0.493 e. The highest BCUT2D eigenvalue weighted by atomic mass is 16.6. The first kappa shape index (κ1) is 21.0. The summed E-state index contributed by atoms with van der Waals surface area (Å²) in [6, 6.07) is 5.39. The van der Waals surface area contributed by atoms with Crippen LogP contribution < -0.4 is 9.47 Å². The molecule has 5 heteroatoms. The number of esters is 2. The van der Waals surface area contributed by atoms with E-state index in [2.05, 4.69) is 6.92 Å². The SMILES string of the molecule is CCCCCC(C)OC(=O)CCCC(=O)Oc1cc(C)ccc1OC. The lowest BCUT2D eigenvalue weighted by molar-refractivity contribution is -0.148. The first-order valence-corrected chi connectivity index (χ1v) is 9.01. The average Bonchev–Trinajstić information content (AvgIpc) is 2.55. The minimum atomic E-state index is -0.382. The van der Waals surface area contributed by atoms with Crippen molar-refractivity contribution in [2.75, 3.05) is 7.11 Å². The number of hydrogen-bond acceptors (Lipinski definition) is 5. The van der Waals surface area contributed by atoms with Gasteiger partial charge < -0.3 is 14.2 Å². The Hall–Kier alpha value is -2.04. The van der Waals surface area contributed by atoms with Crippen LogP contribution in [-0.4, -0.2) is 25.2 Å². The van der Waals surface area contributed by atoms with Gasteiger partial charge in [-0.05, 0) is 50.8 Å². The molecular weight excluding hydrogens is 320 g/mol. The van der Waals surface area contributed by atoms with Crippen LogP contribution in [-0.2, 0) is 14.3 Å². The summed E-state index contributed by atoms with van der Waals surface area (Å²) in [4.78, 5) is 23.7. The second-order valence-electron chi connectivity index (χ2n) is 6.28. The average molecular weight is 350 g/mol. The molecule has 0 aliphatic heterocycles. The molecule has 0 saturated carbocycles.